The summed E-state index contributed by atoms with van der Waals surface area (Å²) in [6.45, 7) is 6.93. The van der Waals surface area contributed by atoms with Crippen molar-refractivity contribution in [2.45, 2.75) is 51.6 Å². The molecular weight excluding hydrogens is 376 g/mol. The minimum atomic E-state index is 0.0530. The van der Waals surface area contributed by atoms with E-state index in [4.69, 9.17) is 9.47 Å². The van der Waals surface area contributed by atoms with Gasteiger partial charge >= 0.3 is 0 Å². The van der Waals surface area contributed by atoms with Gasteiger partial charge in [-0.25, -0.2) is 0 Å². The van der Waals surface area contributed by atoms with Crippen molar-refractivity contribution in [3.8, 4) is 11.5 Å². The Balaban J connectivity index is 1.41. The quantitative estimate of drug-likeness (QED) is 0.761. The van der Waals surface area contributed by atoms with Gasteiger partial charge in [-0.2, -0.15) is 0 Å². The predicted molar refractivity (Wildman–Crippen MR) is 118 cm³/mol. The van der Waals surface area contributed by atoms with Crippen LogP contribution in [-0.4, -0.2) is 37.1 Å². The lowest BCUT2D eigenvalue weighted by molar-refractivity contribution is -0.123. The molecule has 1 amide bonds. The lowest BCUT2D eigenvalue weighted by Gasteiger charge is -2.26. The maximum Gasteiger partial charge on any atom is 0.234 e. The first-order chi connectivity index (χ1) is 14.6. The molecular formula is C25H32N2O3. The van der Waals surface area contributed by atoms with E-state index in [0.717, 1.165) is 49.3 Å². The molecule has 2 atom stereocenters. The molecule has 0 aliphatic carbocycles. The summed E-state index contributed by atoms with van der Waals surface area (Å²) in [5, 5.41) is 3.23. The Hall–Kier alpha value is -2.53. The Morgan fingerprint density at radius 1 is 1.10 bits per heavy atom. The summed E-state index contributed by atoms with van der Waals surface area (Å²) < 4.78 is 11.6. The zero-order chi connectivity index (χ0) is 20.9. The van der Waals surface area contributed by atoms with Gasteiger partial charge in [-0.15, -0.1) is 0 Å². The maximum absolute atomic E-state index is 12.9. The normalized spacial score (nSPS) is 19.9. The van der Waals surface area contributed by atoms with Crippen LogP contribution in [0.2, 0.25) is 0 Å². The Kier molecular flexibility index (Phi) is 6.58. The third-order valence-corrected chi connectivity index (χ3v) is 6.09. The van der Waals surface area contributed by atoms with E-state index < -0.39 is 0 Å². The number of benzene rings is 2. The maximum atomic E-state index is 12.9. The van der Waals surface area contributed by atoms with Crippen LogP contribution in [0.4, 0.5) is 0 Å². The van der Waals surface area contributed by atoms with Gasteiger partial charge < -0.3 is 14.8 Å². The van der Waals surface area contributed by atoms with Gasteiger partial charge in [-0.1, -0.05) is 42.8 Å². The van der Waals surface area contributed by atoms with Crippen molar-refractivity contribution < 1.29 is 14.3 Å². The molecule has 0 spiro atoms. The van der Waals surface area contributed by atoms with Crippen molar-refractivity contribution in [3.63, 3.8) is 0 Å². The number of carbonyl (C=O) groups excluding carboxylic acids is 1. The highest BCUT2D eigenvalue weighted by Gasteiger charge is 2.29. The number of hydrogen-bond acceptors (Lipinski definition) is 4. The van der Waals surface area contributed by atoms with Gasteiger partial charge in [0.15, 0.2) is 11.5 Å². The molecule has 2 unspecified atom stereocenters. The van der Waals surface area contributed by atoms with Crippen LogP contribution in [0.25, 0.3) is 0 Å². The average molecular weight is 409 g/mol. The van der Waals surface area contributed by atoms with Crippen molar-refractivity contribution in [1.82, 2.24) is 10.2 Å². The average Bonchev–Trinajstić information content (AvgIpc) is 3.08. The van der Waals surface area contributed by atoms with Gasteiger partial charge in [-0.3, -0.25) is 9.69 Å². The summed E-state index contributed by atoms with van der Waals surface area (Å²) in [6, 6.07) is 15.0. The smallest absolute Gasteiger partial charge is 0.234 e. The molecule has 2 aliphatic heterocycles. The molecule has 2 aromatic carbocycles. The molecule has 0 radical (unpaired) electrons. The number of ether oxygens (including phenoxy) is 2. The molecule has 0 aromatic heterocycles. The SMILES string of the molecule is CCC(NC(=O)CN1CCCC1c1ccc2c(c1)OCCCO2)c1ccc(C)cc1. The highest BCUT2D eigenvalue weighted by atomic mass is 16.5. The van der Waals surface area contributed by atoms with Crippen LogP contribution in [0, 0.1) is 6.92 Å². The fourth-order valence-corrected chi connectivity index (χ4v) is 4.42. The first-order valence-electron chi connectivity index (χ1n) is 11.1. The van der Waals surface area contributed by atoms with Crippen LogP contribution in [0.1, 0.15) is 61.4 Å². The van der Waals surface area contributed by atoms with Gasteiger partial charge in [-0.05, 0) is 56.0 Å². The van der Waals surface area contributed by atoms with Crippen LogP contribution >= 0.6 is 0 Å². The van der Waals surface area contributed by atoms with E-state index in [2.05, 4.69) is 60.5 Å². The summed E-state index contributed by atoms with van der Waals surface area (Å²) in [6.07, 6.45) is 3.93. The molecule has 160 valence electrons. The largest absolute Gasteiger partial charge is 0.490 e. The summed E-state index contributed by atoms with van der Waals surface area (Å²) in [7, 11) is 0. The fraction of sp³-hybridized carbons (Fsp3) is 0.480. The lowest BCUT2D eigenvalue weighted by Crippen LogP contribution is -2.38. The molecule has 0 saturated carbocycles. The molecule has 2 aromatic rings. The van der Waals surface area contributed by atoms with E-state index in [1.165, 1.54) is 11.1 Å². The number of nitrogens with one attached hydrogen (secondary N) is 1. The summed E-state index contributed by atoms with van der Waals surface area (Å²) >= 11 is 0. The van der Waals surface area contributed by atoms with Crippen molar-refractivity contribution >= 4 is 5.91 Å². The first-order valence-corrected chi connectivity index (χ1v) is 11.1. The molecule has 1 N–H and O–H groups in total. The number of carbonyl (C=O) groups is 1. The third-order valence-electron chi connectivity index (χ3n) is 6.09. The van der Waals surface area contributed by atoms with Gasteiger partial charge in [0, 0.05) is 12.5 Å². The Morgan fingerprint density at radius 3 is 2.63 bits per heavy atom. The molecule has 4 rings (SSSR count). The van der Waals surface area contributed by atoms with E-state index in [9.17, 15) is 4.79 Å². The second-order valence-corrected chi connectivity index (χ2v) is 8.32. The van der Waals surface area contributed by atoms with E-state index in [1.54, 1.807) is 0 Å². The highest BCUT2D eigenvalue weighted by molar-refractivity contribution is 5.78. The molecule has 1 saturated heterocycles. The summed E-state index contributed by atoms with van der Waals surface area (Å²) in [5.74, 6) is 1.73. The third kappa shape index (κ3) is 4.78. The zero-order valence-electron chi connectivity index (χ0n) is 18.0. The molecule has 5 heteroatoms. The van der Waals surface area contributed by atoms with Crippen LogP contribution in [0.3, 0.4) is 0 Å². The van der Waals surface area contributed by atoms with Crippen molar-refractivity contribution in [2.75, 3.05) is 26.3 Å². The fourth-order valence-electron chi connectivity index (χ4n) is 4.42. The van der Waals surface area contributed by atoms with E-state index >= 15 is 0 Å². The van der Waals surface area contributed by atoms with Crippen molar-refractivity contribution in [3.05, 3.63) is 59.2 Å². The number of fused-ring (bicyclic) bond motifs is 1. The minimum absolute atomic E-state index is 0.0530. The highest BCUT2D eigenvalue weighted by Crippen LogP contribution is 2.37. The van der Waals surface area contributed by atoms with Gasteiger partial charge in [0.25, 0.3) is 0 Å². The molecule has 5 nitrogen and oxygen atoms in total. The Bertz CT molecular complexity index is 865. The van der Waals surface area contributed by atoms with Gasteiger partial charge in [0.05, 0.1) is 25.8 Å². The van der Waals surface area contributed by atoms with E-state index in [-0.39, 0.29) is 18.0 Å². The van der Waals surface area contributed by atoms with Crippen molar-refractivity contribution in [1.29, 1.82) is 0 Å². The Labute approximate surface area is 179 Å². The minimum Gasteiger partial charge on any atom is -0.490 e. The molecule has 2 aliphatic rings. The molecule has 1 fully saturated rings. The Morgan fingerprint density at radius 2 is 1.87 bits per heavy atom. The van der Waals surface area contributed by atoms with Crippen LogP contribution in [0.15, 0.2) is 42.5 Å². The number of hydrogen-bond donors (Lipinski definition) is 1. The molecule has 30 heavy (non-hydrogen) atoms. The second-order valence-electron chi connectivity index (χ2n) is 8.32. The van der Waals surface area contributed by atoms with Gasteiger partial charge in [0.1, 0.15) is 0 Å². The van der Waals surface area contributed by atoms with Gasteiger partial charge in [0.2, 0.25) is 5.91 Å². The number of nitrogens with zero attached hydrogens (tertiary/aromatic N) is 1. The number of likely N-dealkylation sites (tertiary alicyclic amines) is 1. The van der Waals surface area contributed by atoms with Crippen LogP contribution in [-0.2, 0) is 4.79 Å². The van der Waals surface area contributed by atoms with Crippen LogP contribution < -0.4 is 14.8 Å². The van der Waals surface area contributed by atoms with Crippen LogP contribution in [0.5, 0.6) is 11.5 Å². The second kappa shape index (κ2) is 9.52. The number of amides is 1. The van der Waals surface area contributed by atoms with E-state index in [1.807, 2.05) is 6.07 Å². The first kappa shape index (κ1) is 20.7. The molecule has 2 heterocycles. The topological polar surface area (TPSA) is 50.8 Å². The van der Waals surface area contributed by atoms with Crippen molar-refractivity contribution in [2.24, 2.45) is 0 Å². The predicted octanol–water partition coefficient (Wildman–Crippen LogP) is 4.56. The number of aryl methyl sites for hydroxylation is 1. The lowest BCUT2D eigenvalue weighted by atomic mass is 10.0. The summed E-state index contributed by atoms with van der Waals surface area (Å²) in [4.78, 5) is 15.2. The summed E-state index contributed by atoms with van der Waals surface area (Å²) in [5.41, 5.74) is 3.60. The molecule has 0 bridgehead atoms. The standard InChI is InChI=1S/C25H32N2O3/c1-3-21(19-9-7-18(2)8-10-19)26-25(28)17-27-13-4-6-22(27)20-11-12-23-24(16-20)30-15-5-14-29-23/h7-12,16,21-22H,3-6,13-15,17H2,1-2H3,(H,26,28). The van der Waals surface area contributed by atoms with E-state index in [0.29, 0.717) is 19.8 Å². The monoisotopic (exact) mass is 408 g/mol. The number of rotatable bonds is 6. The zero-order valence-corrected chi connectivity index (χ0v) is 18.0.